The number of likely N-dealkylation sites (N-methyl/N-ethyl adjacent to an activating group) is 1. The highest BCUT2D eigenvalue weighted by molar-refractivity contribution is 7.45. The molecule has 48 heavy (non-hydrogen) atoms. The molecule has 9 nitrogen and oxygen atoms in total. The Bertz CT molecular complexity index is 845. The normalized spacial score (nSPS) is 13.9. The molecule has 0 radical (unpaired) electrons. The molecule has 0 N–H and O–H groups in total. The highest BCUT2D eigenvalue weighted by Gasteiger charge is 2.21. The zero-order valence-corrected chi connectivity index (χ0v) is 32.6. The number of hydrogen-bond acceptors (Lipinski definition) is 8. The molecule has 0 aliphatic rings. The van der Waals surface area contributed by atoms with Gasteiger partial charge < -0.3 is 27.9 Å². The number of unbranched alkanes of at least 4 members (excludes halogenated alkanes) is 19. The van der Waals surface area contributed by atoms with Crippen LogP contribution in [0.2, 0.25) is 0 Å². The molecular weight excluding hydrogens is 629 g/mol. The van der Waals surface area contributed by atoms with Gasteiger partial charge in [0.25, 0.3) is 7.82 Å². The van der Waals surface area contributed by atoms with Gasteiger partial charge in [-0.2, -0.15) is 0 Å². The molecular formula is C38H74NO8P. The first-order chi connectivity index (χ1) is 23.0. The Balaban J connectivity index is 4.36. The first-order valence-corrected chi connectivity index (χ1v) is 20.9. The number of rotatable bonds is 35. The van der Waals surface area contributed by atoms with E-state index in [0.29, 0.717) is 17.4 Å². The zero-order chi connectivity index (χ0) is 35.8. The second-order valence-corrected chi connectivity index (χ2v) is 15.7. The number of phosphoric acid groups is 1. The third kappa shape index (κ3) is 34.6. The van der Waals surface area contributed by atoms with Crippen molar-refractivity contribution in [2.45, 2.75) is 174 Å². The van der Waals surface area contributed by atoms with Crippen LogP contribution in [0.15, 0.2) is 12.2 Å². The fraction of sp³-hybridized carbons (Fsp3) is 0.895. The van der Waals surface area contributed by atoms with Crippen LogP contribution < -0.4 is 4.89 Å². The molecule has 0 spiro atoms. The molecule has 10 heteroatoms. The van der Waals surface area contributed by atoms with Gasteiger partial charge in [0.1, 0.15) is 19.8 Å². The van der Waals surface area contributed by atoms with Crippen LogP contribution in [0.25, 0.3) is 0 Å². The fourth-order valence-corrected chi connectivity index (χ4v) is 5.89. The summed E-state index contributed by atoms with van der Waals surface area (Å²) >= 11 is 0. The summed E-state index contributed by atoms with van der Waals surface area (Å²) < 4.78 is 33.7. The lowest BCUT2D eigenvalue weighted by atomic mass is 10.1. The SMILES string of the molecule is CCCC/C=C/CCCCCCCCCCCC(=O)OC[C@@H](COP(=O)([O-])OCC[N+](C)(C)C)OC(=O)CCCCCCCCCCC. The molecule has 1 unspecified atom stereocenters. The Kier molecular flexibility index (Phi) is 30.9. The second-order valence-electron chi connectivity index (χ2n) is 14.3. The number of hydrogen-bond donors (Lipinski definition) is 0. The molecule has 0 rings (SSSR count). The van der Waals surface area contributed by atoms with E-state index in [-0.39, 0.29) is 32.0 Å². The first kappa shape index (κ1) is 46.8. The van der Waals surface area contributed by atoms with Crippen LogP contribution in [0.3, 0.4) is 0 Å². The van der Waals surface area contributed by atoms with E-state index in [0.717, 1.165) is 38.5 Å². The standard InChI is InChI=1S/C38H74NO8P/c1-6-8-10-12-14-16-17-18-19-20-21-23-24-26-28-30-37(40)44-34-36(35-46-48(42,43)45-33-32-39(3,4)5)47-38(41)31-29-27-25-22-15-13-11-9-7-2/h12,14,36H,6-11,13,15-35H2,1-5H3/b14-12+/t36-/m0/s1. The summed E-state index contributed by atoms with van der Waals surface area (Å²) in [6.07, 6.45) is 29.5. The van der Waals surface area contributed by atoms with Crippen LogP contribution >= 0.6 is 7.82 Å². The van der Waals surface area contributed by atoms with Crippen molar-refractivity contribution in [3.05, 3.63) is 12.2 Å². The van der Waals surface area contributed by atoms with Crippen LogP contribution in [0, 0.1) is 0 Å². The van der Waals surface area contributed by atoms with Gasteiger partial charge in [-0.1, -0.05) is 135 Å². The molecule has 0 bridgehead atoms. The molecule has 0 heterocycles. The Morgan fingerprint density at radius 1 is 0.625 bits per heavy atom. The molecule has 0 aromatic rings. The average Bonchev–Trinajstić information content (AvgIpc) is 3.02. The lowest BCUT2D eigenvalue weighted by molar-refractivity contribution is -0.870. The van der Waals surface area contributed by atoms with E-state index in [1.165, 1.54) is 96.3 Å². The smallest absolute Gasteiger partial charge is 0.306 e. The van der Waals surface area contributed by atoms with Gasteiger partial charge in [-0.05, 0) is 32.1 Å². The Labute approximate surface area is 295 Å². The molecule has 0 saturated carbocycles. The summed E-state index contributed by atoms with van der Waals surface area (Å²) in [5, 5.41) is 0. The topological polar surface area (TPSA) is 111 Å². The molecule has 0 fully saturated rings. The van der Waals surface area contributed by atoms with Gasteiger partial charge in [0.05, 0.1) is 27.7 Å². The largest absolute Gasteiger partial charge is 0.756 e. The number of carbonyl (C=O) groups is 2. The molecule has 0 aliphatic heterocycles. The first-order valence-electron chi connectivity index (χ1n) is 19.4. The summed E-state index contributed by atoms with van der Waals surface area (Å²) in [5.74, 6) is -0.836. The van der Waals surface area contributed by atoms with Crippen molar-refractivity contribution in [3.63, 3.8) is 0 Å². The number of allylic oxidation sites excluding steroid dienone is 2. The minimum atomic E-state index is -4.61. The van der Waals surface area contributed by atoms with Crippen LogP contribution in [-0.4, -0.2) is 70.0 Å². The maximum atomic E-state index is 12.5. The number of quaternary nitrogens is 1. The molecule has 0 aromatic heterocycles. The molecule has 0 amide bonds. The number of nitrogens with zero attached hydrogens (tertiary/aromatic N) is 1. The Morgan fingerprint density at radius 2 is 1.08 bits per heavy atom. The van der Waals surface area contributed by atoms with Crippen molar-refractivity contribution in [1.82, 2.24) is 0 Å². The third-order valence-corrected chi connectivity index (χ3v) is 9.25. The summed E-state index contributed by atoms with van der Waals surface area (Å²) in [6.45, 7) is 4.17. The van der Waals surface area contributed by atoms with Crippen molar-refractivity contribution in [1.29, 1.82) is 0 Å². The van der Waals surface area contributed by atoms with Crippen molar-refractivity contribution in [2.24, 2.45) is 0 Å². The number of ether oxygens (including phenoxy) is 2. The van der Waals surface area contributed by atoms with Crippen LogP contribution in [0.1, 0.15) is 168 Å². The van der Waals surface area contributed by atoms with Crippen LogP contribution in [0.5, 0.6) is 0 Å². The van der Waals surface area contributed by atoms with Gasteiger partial charge in [0.15, 0.2) is 6.10 Å². The van der Waals surface area contributed by atoms with Gasteiger partial charge in [-0.15, -0.1) is 0 Å². The van der Waals surface area contributed by atoms with Crippen molar-refractivity contribution >= 4 is 19.8 Å². The predicted molar refractivity (Wildman–Crippen MR) is 195 cm³/mol. The lowest BCUT2D eigenvalue weighted by Gasteiger charge is -2.28. The number of phosphoric ester groups is 1. The molecule has 0 aromatic carbocycles. The summed E-state index contributed by atoms with van der Waals surface area (Å²) in [5.41, 5.74) is 0. The van der Waals surface area contributed by atoms with E-state index < -0.39 is 26.5 Å². The monoisotopic (exact) mass is 704 g/mol. The lowest BCUT2D eigenvalue weighted by Crippen LogP contribution is -2.37. The minimum absolute atomic E-state index is 0.0284. The zero-order valence-electron chi connectivity index (χ0n) is 31.7. The Hall–Kier alpha value is -1.25. The fourth-order valence-electron chi connectivity index (χ4n) is 5.16. The summed E-state index contributed by atoms with van der Waals surface area (Å²) in [6, 6.07) is 0. The van der Waals surface area contributed by atoms with E-state index in [2.05, 4.69) is 26.0 Å². The maximum Gasteiger partial charge on any atom is 0.306 e. The second kappa shape index (κ2) is 31.7. The third-order valence-electron chi connectivity index (χ3n) is 8.29. The molecule has 0 aliphatic carbocycles. The minimum Gasteiger partial charge on any atom is -0.756 e. The maximum absolute atomic E-state index is 12.5. The van der Waals surface area contributed by atoms with Crippen LogP contribution in [-0.2, 0) is 32.7 Å². The van der Waals surface area contributed by atoms with E-state index in [1.54, 1.807) is 0 Å². The Morgan fingerprint density at radius 3 is 1.60 bits per heavy atom. The van der Waals surface area contributed by atoms with Crippen LogP contribution in [0.4, 0.5) is 0 Å². The highest BCUT2D eigenvalue weighted by Crippen LogP contribution is 2.38. The molecule has 2 atom stereocenters. The van der Waals surface area contributed by atoms with E-state index in [4.69, 9.17) is 18.5 Å². The highest BCUT2D eigenvalue weighted by atomic mass is 31.2. The van der Waals surface area contributed by atoms with Gasteiger partial charge in [-0.25, -0.2) is 0 Å². The summed E-state index contributed by atoms with van der Waals surface area (Å²) in [4.78, 5) is 37.2. The van der Waals surface area contributed by atoms with E-state index in [1.807, 2.05) is 21.1 Å². The average molecular weight is 704 g/mol. The van der Waals surface area contributed by atoms with Crippen molar-refractivity contribution in [2.75, 3.05) is 47.5 Å². The number of carbonyl (C=O) groups excluding carboxylic acids is 2. The summed E-state index contributed by atoms with van der Waals surface area (Å²) in [7, 11) is 1.17. The van der Waals surface area contributed by atoms with Crippen molar-refractivity contribution in [3.8, 4) is 0 Å². The molecule has 0 saturated heterocycles. The van der Waals surface area contributed by atoms with Gasteiger partial charge >= 0.3 is 11.9 Å². The van der Waals surface area contributed by atoms with E-state index >= 15 is 0 Å². The van der Waals surface area contributed by atoms with Gasteiger partial charge in [0.2, 0.25) is 0 Å². The number of esters is 2. The van der Waals surface area contributed by atoms with E-state index in [9.17, 15) is 19.0 Å². The van der Waals surface area contributed by atoms with Crippen molar-refractivity contribution < 1.29 is 42.1 Å². The van der Waals surface area contributed by atoms with Gasteiger partial charge in [0, 0.05) is 12.8 Å². The predicted octanol–water partition coefficient (Wildman–Crippen LogP) is 9.61. The van der Waals surface area contributed by atoms with Gasteiger partial charge in [-0.3, -0.25) is 14.2 Å². The quantitative estimate of drug-likeness (QED) is 0.0211. The molecule has 284 valence electrons.